The van der Waals surface area contributed by atoms with Crippen LogP contribution in [-0.2, 0) is 12.8 Å². The summed E-state index contributed by atoms with van der Waals surface area (Å²) in [4.78, 5) is 10.1. The Morgan fingerprint density at radius 1 is 1.29 bits per heavy atom. The number of anilines is 1. The molecule has 0 aliphatic rings. The van der Waals surface area contributed by atoms with Gasteiger partial charge in [0.25, 0.3) is 0 Å². The molecule has 0 atom stereocenters. The molecule has 1 aromatic carbocycles. The third-order valence-electron chi connectivity index (χ3n) is 3.05. The van der Waals surface area contributed by atoms with Crippen molar-refractivity contribution in [3.8, 4) is 0 Å². The van der Waals surface area contributed by atoms with Crippen LogP contribution in [0.25, 0.3) is 0 Å². The molecular weight excluding hydrogens is 280 g/mol. The summed E-state index contributed by atoms with van der Waals surface area (Å²) < 4.78 is 0. The molecule has 0 unspecified atom stereocenters. The lowest BCUT2D eigenvalue weighted by molar-refractivity contribution is 0.949. The molecule has 0 spiro atoms. The van der Waals surface area contributed by atoms with Crippen molar-refractivity contribution in [1.29, 1.82) is 0 Å². The second-order valence-electron chi connectivity index (χ2n) is 5.09. The van der Waals surface area contributed by atoms with Crippen molar-refractivity contribution in [1.82, 2.24) is 4.98 Å². The van der Waals surface area contributed by atoms with E-state index in [2.05, 4.69) is 54.3 Å². The molecule has 3 N–H and O–H groups in total. The zero-order valence-electron chi connectivity index (χ0n) is 12.8. The highest BCUT2D eigenvalue weighted by molar-refractivity contribution is 7.11. The van der Waals surface area contributed by atoms with Gasteiger partial charge in [-0.1, -0.05) is 13.0 Å². The molecule has 1 aromatic heterocycles. The molecule has 21 heavy (non-hydrogen) atoms. The van der Waals surface area contributed by atoms with Crippen molar-refractivity contribution in [3.05, 3.63) is 45.4 Å². The summed E-state index contributed by atoms with van der Waals surface area (Å²) in [6, 6.07) is 6.25. The van der Waals surface area contributed by atoms with Crippen molar-refractivity contribution in [2.24, 2.45) is 10.7 Å². The van der Waals surface area contributed by atoms with Crippen molar-refractivity contribution in [2.75, 3.05) is 11.9 Å². The van der Waals surface area contributed by atoms with Gasteiger partial charge in [-0.2, -0.15) is 0 Å². The fraction of sp³-hybridized carbons (Fsp3) is 0.375. The van der Waals surface area contributed by atoms with Crippen molar-refractivity contribution in [3.63, 3.8) is 0 Å². The summed E-state index contributed by atoms with van der Waals surface area (Å²) in [5, 5.41) is 4.26. The fourth-order valence-corrected chi connectivity index (χ4v) is 2.98. The molecule has 0 aliphatic heterocycles. The first-order chi connectivity index (χ1) is 10.1. The topological polar surface area (TPSA) is 63.3 Å². The van der Waals surface area contributed by atoms with Crippen LogP contribution in [-0.4, -0.2) is 17.5 Å². The Bertz CT molecular complexity index is 611. The largest absolute Gasteiger partial charge is 0.370 e. The van der Waals surface area contributed by atoms with E-state index in [1.165, 1.54) is 16.0 Å². The van der Waals surface area contributed by atoms with Crippen molar-refractivity contribution >= 4 is 23.0 Å². The Morgan fingerprint density at radius 3 is 2.62 bits per heavy atom. The van der Waals surface area contributed by atoms with Gasteiger partial charge < -0.3 is 11.1 Å². The minimum atomic E-state index is 0.451. The molecule has 0 saturated heterocycles. The highest BCUT2D eigenvalue weighted by atomic mass is 32.1. The Kier molecular flexibility index (Phi) is 5.33. The zero-order chi connectivity index (χ0) is 15.2. The molecule has 4 nitrogen and oxygen atoms in total. The second-order valence-corrected chi connectivity index (χ2v) is 6.29. The summed E-state index contributed by atoms with van der Waals surface area (Å²) in [7, 11) is 0. The van der Waals surface area contributed by atoms with Gasteiger partial charge >= 0.3 is 0 Å². The highest BCUT2D eigenvalue weighted by Gasteiger charge is 2.01. The fourth-order valence-electron chi connectivity index (χ4n) is 2.13. The molecule has 1 heterocycles. The van der Waals surface area contributed by atoms with Gasteiger partial charge in [0.15, 0.2) is 5.96 Å². The maximum atomic E-state index is 5.92. The maximum Gasteiger partial charge on any atom is 0.193 e. The number of nitrogens with two attached hydrogens (primary N) is 1. The molecule has 0 radical (unpaired) electrons. The molecule has 0 amide bonds. The smallest absolute Gasteiger partial charge is 0.193 e. The number of rotatable bonds is 5. The van der Waals surface area contributed by atoms with E-state index in [9.17, 15) is 0 Å². The van der Waals surface area contributed by atoms with Crippen LogP contribution in [0.4, 0.5) is 5.69 Å². The predicted molar refractivity (Wildman–Crippen MR) is 91.2 cm³/mol. The van der Waals surface area contributed by atoms with Gasteiger partial charge in [-0.3, -0.25) is 4.99 Å². The van der Waals surface area contributed by atoms with Gasteiger partial charge in [0, 0.05) is 29.7 Å². The number of benzene rings is 1. The SMILES string of the molecule is CCc1cnc(CCN=C(N)Nc2cc(C)cc(C)c2)s1. The summed E-state index contributed by atoms with van der Waals surface area (Å²) in [6.07, 6.45) is 3.82. The molecular formula is C16H22N4S. The Labute approximate surface area is 130 Å². The van der Waals surface area contributed by atoms with Crippen molar-refractivity contribution < 1.29 is 0 Å². The summed E-state index contributed by atoms with van der Waals surface area (Å²) in [6.45, 7) is 6.93. The van der Waals surface area contributed by atoms with Crippen LogP contribution in [0, 0.1) is 13.8 Å². The Hall–Kier alpha value is -1.88. The number of thiazole rings is 1. The number of aromatic nitrogens is 1. The minimum absolute atomic E-state index is 0.451. The summed E-state index contributed by atoms with van der Waals surface area (Å²) >= 11 is 1.75. The molecule has 2 aromatic rings. The standard InChI is InChI=1S/C16H22N4S/c1-4-14-10-19-15(21-14)5-6-18-16(17)20-13-8-11(2)7-12(3)9-13/h7-10H,4-6H2,1-3H3,(H3,17,18,20). The minimum Gasteiger partial charge on any atom is -0.370 e. The number of nitrogens with one attached hydrogen (secondary N) is 1. The van der Waals surface area contributed by atoms with E-state index in [-0.39, 0.29) is 0 Å². The lowest BCUT2D eigenvalue weighted by Crippen LogP contribution is -2.23. The van der Waals surface area contributed by atoms with E-state index in [1.807, 2.05) is 6.20 Å². The quantitative estimate of drug-likeness (QED) is 0.658. The van der Waals surface area contributed by atoms with E-state index in [1.54, 1.807) is 11.3 Å². The third kappa shape index (κ3) is 4.86. The first-order valence-electron chi connectivity index (χ1n) is 7.15. The number of hydrogen-bond donors (Lipinski definition) is 2. The number of hydrogen-bond acceptors (Lipinski definition) is 3. The first kappa shape index (κ1) is 15.5. The number of aliphatic imine (C=N–C) groups is 1. The van der Waals surface area contributed by atoms with Crippen LogP contribution in [0.3, 0.4) is 0 Å². The van der Waals surface area contributed by atoms with Gasteiger partial charge in [0.1, 0.15) is 0 Å². The van der Waals surface area contributed by atoms with Crippen LogP contribution >= 0.6 is 11.3 Å². The third-order valence-corrected chi connectivity index (χ3v) is 4.25. The average molecular weight is 302 g/mol. The normalized spacial score (nSPS) is 11.7. The van der Waals surface area contributed by atoms with Gasteiger partial charge in [-0.25, -0.2) is 4.98 Å². The van der Waals surface area contributed by atoms with E-state index >= 15 is 0 Å². The van der Waals surface area contributed by atoms with Gasteiger partial charge in [-0.05, 0) is 43.5 Å². The number of nitrogens with zero attached hydrogens (tertiary/aromatic N) is 2. The van der Waals surface area contributed by atoms with Crippen LogP contribution in [0.5, 0.6) is 0 Å². The van der Waals surface area contributed by atoms with Crippen LogP contribution in [0.2, 0.25) is 0 Å². The predicted octanol–water partition coefficient (Wildman–Crippen LogP) is 3.29. The Balaban J connectivity index is 1.88. The molecule has 2 rings (SSSR count). The van der Waals surface area contributed by atoms with Crippen LogP contribution in [0.15, 0.2) is 29.4 Å². The van der Waals surface area contributed by atoms with Gasteiger partial charge in [0.2, 0.25) is 0 Å². The lowest BCUT2D eigenvalue weighted by atomic mass is 10.1. The first-order valence-corrected chi connectivity index (χ1v) is 7.97. The van der Waals surface area contributed by atoms with Crippen molar-refractivity contribution in [2.45, 2.75) is 33.6 Å². The summed E-state index contributed by atoms with van der Waals surface area (Å²) in [5.41, 5.74) is 9.32. The molecule has 5 heteroatoms. The van der Waals surface area contributed by atoms with Gasteiger partial charge in [-0.15, -0.1) is 11.3 Å². The van der Waals surface area contributed by atoms with Gasteiger partial charge in [0.05, 0.1) is 5.01 Å². The Morgan fingerprint density at radius 2 is 2.00 bits per heavy atom. The zero-order valence-corrected chi connectivity index (χ0v) is 13.6. The van der Waals surface area contributed by atoms with Crippen LogP contribution < -0.4 is 11.1 Å². The van der Waals surface area contributed by atoms with Crippen LogP contribution in [0.1, 0.15) is 27.9 Å². The molecule has 0 aliphatic carbocycles. The number of guanidine groups is 1. The average Bonchev–Trinajstić information content (AvgIpc) is 2.85. The van der Waals surface area contributed by atoms with E-state index in [4.69, 9.17) is 5.73 Å². The summed E-state index contributed by atoms with van der Waals surface area (Å²) in [5.74, 6) is 0.451. The molecule has 0 saturated carbocycles. The highest BCUT2D eigenvalue weighted by Crippen LogP contribution is 2.14. The second kappa shape index (κ2) is 7.22. The molecule has 112 valence electrons. The molecule has 0 bridgehead atoms. The van der Waals surface area contributed by atoms with E-state index < -0.39 is 0 Å². The maximum absolute atomic E-state index is 5.92. The van der Waals surface area contributed by atoms with E-state index in [0.717, 1.165) is 23.5 Å². The number of aryl methyl sites for hydroxylation is 3. The van der Waals surface area contributed by atoms with E-state index in [0.29, 0.717) is 12.5 Å². The monoisotopic (exact) mass is 302 g/mol. The molecule has 0 fully saturated rings. The lowest BCUT2D eigenvalue weighted by Gasteiger charge is -2.07.